The molecule has 1 heterocycles. The van der Waals surface area contributed by atoms with E-state index in [9.17, 15) is 9.59 Å². The second kappa shape index (κ2) is 8.59. The molecule has 148 valence electrons. The van der Waals surface area contributed by atoms with E-state index in [0.29, 0.717) is 25.9 Å². The molecule has 0 saturated carbocycles. The molecular formula is C24H30N2O2. The van der Waals surface area contributed by atoms with E-state index in [2.05, 4.69) is 43.3 Å². The second-order valence-electron chi connectivity index (χ2n) is 8.01. The molecule has 1 aliphatic rings. The molecule has 0 aromatic heterocycles. The highest BCUT2D eigenvalue weighted by Gasteiger charge is 2.42. The summed E-state index contributed by atoms with van der Waals surface area (Å²) in [6, 6.07) is 16.6. The van der Waals surface area contributed by atoms with E-state index in [1.54, 1.807) is 0 Å². The van der Waals surface area contributed by atoms with Crippen LogP contribution in [0.3, 0.4) is 0 Å². The number of carbonyl (C=O) groups excluding carboxylic acids is 2. The van der Waals surface area contributed by atoms with Gasteiger partial charge < -0.3 is 10.6 Å². The van der Waals surface area contributed by atoms with E-state index in [4.69, 9.17) is 5.73 Å². The van der Waals surface area contributed by atoms with Crippen LogP contribution in [0, 0.1) is 12.3 Å². The second-order valence-corrected chi connectivity index (χ2v) is 8.01. The summed E-state index contributed by atoms with van der Waals surface area (Å²) < 4.78 is 0. The van der Waals surface area contributed by atoms with Crippen molar-refractivity contribution < 1.29 is 9.59 Å². The van der Waals surface area contributed by atoms with Gasteiger partial charge in [0.05, 0.1) is 5.41 Å². The molecule has 0 bridgehead atoms. The average Bonchev–Trinajstić information content (AvgIpc) is 2.69. The van der Waals surface area contributed by atoms with Crippen molar-refractivity contribution in [3.63, 3.8) is 0 Å². The standard InChI is InChI=1S/C24H30N2O2/c1-3-7-22(27)26-15-6-14-24(17-26,23(25)28)16-20-8-4-5-9-21(20)19-12-10-18(2)11-13-19/h4-5,8-13H,3,6-7,14-17H2,1-2H3,(H2,25,28)/t24-/m1/s1. The first-order valence-corrected chi connectivity index (χ1v) is 10.2. The van der Waals surface area contributed by atoms with Crippen LogP contribution in [0.25, 0.3) is 11.1 Å². The number of carbonyl (C=O) groups is 2. The van der Waals surface area contributed by atoms with Gasteiger partial charge in [-0.2, -0.15) is 0 Å². The van der Waals surface area contributed by atoms with E-state index in [-0.39, 0.29) is 11.8 Å². The van der Waals surface area contributed by atoms with Crippen LogP contribution in [-0.4, -0.2) is 29.8 Å². The number of hydrogen-bond donors (Lipinski definition) is 1. The smallest absolute Gasteiger partial charge is 0.225 e. The van der Waals surface area contributed by atoms with Gasteiger partial charge in [0, 0.05) is 19.5 Å². The zero-order chi connectivity index (χ0) is 20.1. The maximum atomic E-state index is 12.6. The predicted molar refractivity (Wildman–Crippen MR) is 113 cm³/mol. The van der Waals surface area contributed by atoms with Crippen LogP contribution in [0.2, 0.25) is 0 Å². The summed E-state index contributed by atoms with van der Waals surface area (Å²) in [5, 5.41) is 0. The Balaban J connectivity index is 1.92. The highest BCUT2D eigenvalue weighted by Crippen LogP contribution is 2.37. The molecule has 1 saturated heterocycles. The van der Waals surface area contributed by atoms with Crippen molar-refractivity contribution >= 4 is 11.8 Å². The summed E-state index contributed by atoms with van der Waals surface area (Å²) in [4.78, 5) is 26.9. The molecule has 2 N–H and O–H groups in total. The lowest BCUT2D eigenvalue weighted by molar-refractivity contribution is -0.140. The van der Waals surface area contributed by atoms with Crippen LogP contribution in [0.15, 0.2) is 48.5 Å². The summed E-state index contributed by atoms with van der Waals surface area (Å²) in [7, 11) is 0. The first-order valence-electron chi connectivity index (χ1n) is 10.2. The molecule has 1 atom stereocenters. The van der Waals surface area contributed by atoms with Crippen LogP contribution < -0.4 is 5.73 Å². The average molecular weight is 379 g/mol. The molecule has 0 radical (unpaired) electrons. The number of piperidine rings is 1. The van der Waals surface area contributed by atoms with E-state index in [0.717, 1.165) is 36.0 Å². The number of nitrogens with zero attached hydrogens (tertiary/aromatic N) is 1. The third-order valence-electron chi connectivity index (χ3n) is 5.82. The SMILES string of the molecule is CCCC(=O)N1CCC[C@](Cc2ccccc2-c2ccc(C)cc2)(C(N)=O)C1. The zero-order valence-corrected chi connectivity index (χ0v) is 16.9. The third-order valence-corrected chi connectivity index (χ3v) is 5.82. The molecule has 28 heavy (non-hydrogen) atoms. The molecule has 1 aliphatic heterocycles. The molecule has 2 aromatic rings. The van der Waals surface area contributed by atoms with Crippen molar-refractivity contribution in [1.29, 1.82) is 0 Å². The van der Waals surface area contributed by atoms with Crippen molar-refractivity contribution in [2.24, 2.45) is 11.1 Å². The Kier molecular flexibility index (Phi) is 6.18. The molecule has 1 fully saturated rings. The van der Waals surface area contributed by atoms with Crippen LogP contribution in [-0.2, 0) is 16.0 Å². The Morgan fingerprint density at radius 2 is 1.82 bits per heavy atom. The molecule has 0 aliphatic carbocycles. The number of likely N-dealkylation sites (tertiary alicyclic amines) is 1. The minimum atomic E-state index is -0.706. The molecule has 4 heteroatoms. The number of aryl methyl sites for hydroxylation is 1. The van der Waals surface area contributed by atoms with E-state index in [1.165, 1.54) is 5.56 Å². The Bertz CT molecular complexity index is 844. The first kappa shape index (κ1) is 20.1. The van der Waals surface area contributed by atoms with Crippen LogP contribution in [0.4, 0.5) is 0 Å². The van der Waals surface area contributed by atoms with Gasteiger partial charge in [-0.25, -0.2) is 0 Å². The number of amides is 2. The summed E-state index contributed by atoms with van der Waals surface area (Å²) in [5.41, 5.74) is 9.79. The van der Waals surface area contributed by atoms with Crippen LogP contribution in [0.5, 0.6) is 0 Å². The Labute approximate surface area is 167 Å². The van der Waals surface area contributed by atoms with Crippen LogP contribution >= 0.6 is 0 Å². The van der Waals surface area contributed by atoms with Gasteiger partial charge in [0.15, 0.2) is 0 Å². The minimum Gasteiger partial charge on any atom is -0.369 e. The van der Waals surface area contributed by atoms with Crippen molar-refractivity contribution in [2.75, 3.05) is 13.1 Å². The van der Waals surface area contributed by atoms with Gasteiger partial charge in [0.1, 0.15) is 0 Å². The van der Waals surface area contributed by atoms with Gasteiger partial charge in [-0.3, -0.25) is 9.59 Å². The quantitative estimate of drug-likeness (QED) is 0.822. The monoisotopic (exact) mass is 378 g/mol. The van der Waals surface area contributed by atoms with Gasteiger partial charge in [-0.1, -0.05) is 61.0 Å². The Morgan fingerprint density at radius 3 is 2.50 bits per heavy atom. The third kappa shape index (κ3) is 4.27. The molecule has 2 amide bonds. The summed E-state index contributed by atoms with van der Waals surface area (Å²) in [6.45, 7) is 5.21. The Morgan fingerprint density at radius 1 is 1.11 bits per heavy atom. The van der Waals surface area contributed by atoms with E-state index in [1.807, 2.05) is 24.0 Å². The maximum absolute atomic E-state index is 12.6. The molecule has 3 rings (SSSR count). The fourth-order valence-corrected chi connectivity index (χ4v) is 4.20. The lowest BCUT2D eigenvalue weighted by Crippen LogP contribution is -2.53. The largest absolute Gasteiger partial charge is 0.369 e. The van der Waals surface area contributed by atoms with E-state index < -0.39 is 5.41 Å². The minimum absolute atomic E-state index is 0.125. The topological polar surface area (TPSA) is 63.4 Å². The first-order chi connectivity index (χ1) is 13.4. The molecular weight excluding hydrogens is 348 g/mol. The highest BCUT2D eigenvalue weighted by atomic mass is 16.2. The molecule has 0 spiro atoms. The maximum Gasteiger partial charge on any atom is 0.225 e. The van der Waals surface area contributed by atoms with Crippen molar-refractivity contribution in [1.82, 2.24) is 4.90 Å². The number of rotatable bonds is 6. The lowest BCUT2D eigenvalue weighted by atomic mass is 9.73. The number of benzene rings is 2. The van der Waals surface area contributed by atoms with Crippen molar-refractivity contribution in [3.8, 4) is 11.1 Å². The van der Waals surface area contributed by atoms with Gasteiger partial charge in [-0.15, -0.1) is 0 Å². The van der Waals surface area contributed by atoms with Gasteiger partial charge in [0.2, 0.25) is 11.8 Å². The zero-order valence-electron chi connectivity index (χ0n) is 16.9. The number of nitrogens with two attached hydrogens (primary N) is 1. The summed E-state index contributed by atoms with van der Waals surface area (Å²) >= 11 is 0. The molecule has 0 unspecified atom stereocenters. The fraction of sp³-hybridized carbons (Fsp3) is 0.417. The molecule has 2 aromatic carbocycles. The van der Waals surface area contributed by atoms with Crippen LogP contribution in [0.1, 0.15) is 43.7 Å². The van der Waals surface area contributed by atoms with Gasteiger partial charge >= 0.3 is 0 Å². The highest BCUT2D eigenvalue weighted by molar-refractivity contribution is 5.84. The normalized spacial score (nSPS) is 19.4. The number of hydrogen-bond acceptors (Lipinski definition) is 2. The number of primary amides is 1. The van der Waals surface area contributed by atoms with E-state index >= 15 is 0 Å². The fourth-order valence-electron chi connectivity index (χ4n) is 4.20. The summed E-state index contributed by atoms with van der Waals surface area (Å²) in [6.07, 6.45) is 3.43. The predicted octanol–water partition coefficient (Wildman–Crippen LogP) is 4.10. The van der Waals surface area contributed by atoms with Crippen molar-refractivity contribution in [3.05, 3.63) is 59.7 Å². The molecule has 4 nitrogen and oxygen atoms in total. The van der Waals surface area contributed by atoms with Gasteiger partial charge in [0.25, 0.3) is 0 Å². The Hall–Kier alpha value is -2.62. The lowest BCUT2D eigenvalue weighted by Gasteiger charge is -2.41. The van der Waals surface area contributed by atoms with Gasteiger partial charge in [-0.05, 0) is 49.3 Å². The summed E-state index contributed by atoms with van der Waals surface area (Å²) in [5.74, 6) is -0.181. The van der Waals surface area contributed by atoms with Crippen molar-refractivity contribution in [2.45, 2.75) is 46.0 Å².